The van der Waals surface area contributed by atoms with Gasteiger partial charge in [-0.2, -0.15) is 0 Å². The molecule has 0 bridgehead atoms. The van der Waals surface area contributed by atoms with Gasteiger partial charge in [0.15, 0.2) is 0 Å². The lowest BCUT2D eigenvalue weighted by atomic mass is 9.83. The first-order chi connectivity index (χ1) is 9.11. The highest BCUT2D eigenvalue weighted by molar-refractivity contribution is 5.14. The Kier molecular flexibility index (Phi) is 5.00. The van der Waals surface area contributed by atoms with E-state index < -0.39 is 0 Å². The summed E-state index contributed by atoms with van der Waals surface area (Å²) < 4.78 is 0. The number of likely N-dealkylation sites (tertiary alicyclic amines) is 1. The first kappa shape index (κ1) is 14.5. The molecule has 0 spiro atoms. The van der Waals surface area contributed by atoms with Crippen LogP contribution in [0.1, 0.15) is 38.7 Å². The van der Waals surface area contributed by atoms with Crippen LogP contribution in [-0.2, 0) is 6.42 Å². The molecule has 0 amide bonds. The normalized spacial score (nSPS) is 21.2. The third-order valence-electron chi connectivity index (χ3n) is 4.33. The van der Waals surface area contributed by atoms with E-state index in [2.05, 4.69) is 49.1 Å². The third kappa shape index (κ3) is 4.32. The Morgan fingerprint density at radius 2 is 2.00 bits per heavy atom. The number of nitrogens with zero attached hydrogens (tertiary/aromatic N) is 1. The molecule has 19 heavy (non-hydrogen) atoms. The second-order valence-corrected chi connectivity index (χ2v) is 6.65. The van der Waals surface area contributed by atoms with Gasteiger partial charge in [-0.05, 0) is 43.2 Å². The fourth-order valence-corrected chi connectivity index (χ4v) is 3.21. The molecule has 1 fully saturated rings. The lowest BCUT2D eigenvalue weighted by Gasteiger charge is -2.42. The van der Waals surface area contributed by atoms with Crippen molar-refractivity contribution in [2.24, 2.45) is 11.1 Å². The van der Waals surface area contributed by atoms with Crippen LogP contribution in [-0.4, -0.2) is 30.6 Å². The van der Waals surface area contributed by atoms with E-state index in [1.807, 2.05) is 0 Å². The molecule has 1 atom stereocenters. The zero-order valence-electron chi connectivity index (χ0n) is 12.4. The first-order valence-electron chi connectivity index (χ1n) is 7.59. The van der Waals surface area contributed by atoms with Crippen molar-refractivity contribution in [2.45, 2.75) is 45.6 Å². The lowest BCUT2D eigenvalue weighted by molar-refractivity contribution is 0.0774. The number of benzene rings is 1. The van der Waals surface area contributed by atoms with Crippen LogP contribution in [0.25, 0.3) is 0 Å². The average Bonchev–Trinajstić information content (AvgIpc) is 2.39. The van der Waals surface area contributed by atoms with Crippen molar-refractivity contribution in [3.8, 4) is 0 Å². The van der Waals surface area contributed by atoms with Crippen molar-refractivity contribution in [1.82, 2.24) is 4.90 Å². The molecule has 2 nitrogen and oxygen atoms in total. The van der Waals surface area contributed by atoms with E-state index in [-0.39, 0.29) is 0 Å². The number of hydrogen-bond donors (Lipinski definition) is 1. The number of rotatable bonds is 5. The molecule has 1 aliphatic heterocycles. The summed E-state index contributed by atoms with van der Waals surface area (Å²) in [5.41, 5.74) is 7.90. The van der Waals surface area contributed by atoms with Gasteiger partial charge in [-0.25, -0.2) is 0 Å². The summed E-state index contributed by atoms with van der Waals surface area (Å²) in [6.45, 7) is 7.96. The molecule has 0 aromatic heterocycles. The van der Waals surface area contributed by atoms with Crippen molar-refractivity contribution in [2.75, 3.05) is 19.6 Å². The van der Waals surface area contributed by atoms with Crippen LogP contribution in [0.2, 0.25) is 0 Å². The van der Waals surface area contributed by atoms with Gasteiger partial charge < -0.3 is 5.73 Å². The van der Waals surface area contributed by atoms with Gasteiger partial charge >= 0.3 is 0 Å². The van der Waals surface area contributed by atoms with Gasteiger partial charge in [-0.3, -0.25) is 4.90 Å². The highest BCUT2D eigenvalue weighted by atomic mass is 15.2. The maximum absolute atomic E-state index is 6.01. The van der Waals surface area contributed by atoms with Crippen LogP contribution in [0, 0.1) is 5.41 Å². The Bertz CT molecular complexity index is 372. The van der Waals surface area contributed by atoms with Crippen molar-refractivity contribution < 1.29 is 0 Å². The molecule has 2 heteroatoms. The van der Waals surface area contributed by atoms with Gasteiger partial charge in [0, 0.05) is 19.1 Å². The van der Waals surface area contributed by atoms with Crippen molar-refractivity contribution in [3.05, 3.63) is 35.9 Å². The van der Waals surface area contributed by atoms with Crippen LogP contribution in [0.15, 0.2) is 30.3 Å². The van der Waals surface area contributed by atoms with E-state index >= 15 is 0 Å². The van der Waals surface area contributed by atoms with Gasteiger partial charge in [0.2, 0.25) is 0 Å². The summed E-state index contributed by atoms with van der Waals surface area (Å²) in [5, 5.41) is 0. The highest BCUT2D eigenvalue weighted by Gasteiger charge is 2.29. The molecule has 1 aromatic carbocycles. The summed E-state index contributed by atoms with van der Waals surface area (Å²) in [7, 11) is 0. The monoisotopic (exact) mass is 260 g/mol. The maximum atomic E-state index is 6.01. The maximum Gasteiger partial charge on any atom is 0.0221 e. The summed E-state index contributed by atoms with van der Waals surface area (Å²) in [6.07, 6.45) is 4.98. The Balaban J connectivity index is 1.89. The van der Waals surface area contributed by atoms with Crippen molar-refractivity contribution in [1.29, 1.82) is 0 Å². The van der Waals surface area contributed by atoms with E-state index in [9.17, 15) is 0 Å². The van der Waals surface area contributed by atoms with Gasteiger partial charge in [0.05, 0.1) is 0 Å². The van der Waals surface area contributed by atoms with Gasteiger partial charge in [-0.1, -0.05) is 44.2 Å². The van der Waals surface area contributed by atoms with Crippen LogP contribution in [0.5, 0.6) is 0 Å². The summed E-state index contributed by atoms with van der Waals surface area (Å²) in [5.74, 6) is 0. The molecule has 0 radical (unpaired) electrons. The van der Waals surface area contributed by atoms with Crippen LogP contribution in [0.4, 0.5) is 0 Å². The zero-order valence-corrected chi connectivity index (χ0v) is 12.4. The number of hydrogen-bond acceptors (Lipinski definition) is 2. The minimum absolute atomic E-state index is 0.457. The lowest BCUT2D eigenvalue weighted by Crippen LogP contribution is -2.48. The van der Waals surface area contributed by atoms with Crippen molar-refractivity contribution >= 4 is 0 Å². The molecule has 1 aliphatic rings. The largest absolute Gasteiger partial charge is 0.329 e. The predicted molar refractivity (Wildman–Crippen MR) is 82.2 cm³/mol. The smallest absolute Gasteiger partial charge is 0.0221 e. The molecular formula is C17H28N2. The Morgan fingerprint density at radius 3 is 2.63 bits per heavy atom. The summed E-state index contributed by atoms with van der Waals surface area (Å²) >= 11 is 0. The van der Waals surface area contributed by atoms with Gasteiger partial charge in [0.25, 0.3) is 0 Å². The van der Waals surface area contributed by atoms with Crippen LogP contribution >= 0.6 is 0 Å². The molecule has 1 saturated heterocycles. The number of nitrogens with two attached hydrogens (primary N) is 1. The quantitative estimate of drug-likeness (QED) is 0.881. The Morgan fingerprint density at radius 1 is 1.26 bits per heavy atom. The summed E-state index contributed by atoms with van der Waals surface area (Å²) in [6, 6.07) is 11.3. The topological polar surface area (TPSA) is 29.3 Å². The molecular weight excluding hydrogens is 232 g/mol. The first-order valence-corrected chi connectivity index (χ1v) is 7.59. The molecule has 1 unspecified atom stereocenters. The Labute approximate surface area is 118 Å². The number of piperidine rings is 1. The zero-order chi connectivity index (χ0) is 13.7. The van der Waals surface area contributed by atoms with Crippen LogP contribution in [0.3, 0.4) is 0 Å². The molecule has 1 aromatic rings. The standard InChI is InChI=1S/C17H28N2/c1-17(2)11-6-12-19(14-17)16(13-18)10-9-15-7-4-3-5-8-15/h3-5,7-8,16H,6,9-14,18H2,1-2H3. The van der Waals surface area contributed by atoms with Gasteiger partial charge in [-0.15, -0.1) is 0 Å². The SMILES string of the molecule is CC1(C)CCCN(C(CN)CCc2ccccc2)C1. The average molecular weight is 260 g/mol. The molecule has 106 valence electrons. The molecule has 2 N–H and O–H groups in total. The highest BCUT2D eigenvalue weighted by Crippen LogP contribution is 2.30. The van der Waals surface area contributed by atoms with E-state index in [0.29, 0.717) is 11.5 Å². The Hall–Kier alpha value is -0.860. The minimum atomic E-state index is 0.457. The fraction of sp³-hybridized carbons (Fsp3) is 0.647. The van der Waals surface area contributed by atoms with Crippen molar-refractivity contribution in [3.63, 3.8) is 0 Å². The van der Waals surface area contributed by atoms with E-state index in [0.717, 1.165) is 13.0 Å². The second kappa shape index (κ2) is 6.53. The predicted octanol–water partition coefficient (Wildman–Crippen LogP) is 3.07. The van der Waals surface area contributed by atoms with Gasteiger partial charge in [0.1, 0.15) is 0 Å². The van der Waals surface area contributed by atoms with Crippen LogP contribution < -0.4 is 5.73 Å². The fourth-order valence-electron chi connectivity index (χ4n) is 3.21. The molecule has 1 heterocycles. The number of aryl methyl sites for hydroxylation is 1. The molecule has 0 saturated carbocycles. The third-order valence-corrected chi connectivity index (χ3v) is 4.33. The van der Waals surface area contributed by atoms with E-state index in [1.165, 1.54) is 37.9 Å². The second-order valence-electron chi connectivity index (χ2n) is 6.65. The molecule has 2 rings (SSSR count). The van der Waals surface area contributed by atoms with E-state index in [4.69, 9.17) is 5.73 Å². The minimum Gasteiger partial charge on any atom is -0.329 e. The van der Waals surface area contributed by atoms with E-state index in [1.54, 1.807) is 0 Å². The molecule has 0 aliphatic carbocycles. The summed E-state index contributed by atoms with van der Waals surface area (Å²) in [4.78, 5) is 2.62.